The molecule has 0 unspecified atom stereocenters. The van der Waals surface area contributed by atoms with E-state index in [2.05, 4.69) is 21.7 Å². The van der Waals surface area contributed by atoms with Crippen LogP contribution in [0.2, 0.25) is 0 Å². The van der Waals surface area contributed by atoms with E-state index in [-0.39, 0.29) is 68.2 Å². The molecule has 5 nitrogen and oxygen atoms in total. The monoisotopic (exact) mass is 295 g/mol. The molecule has 0 saturated carbocycles. The molecule has 0 N–H and O–H groups in total. The van der Waals surface area contributed by atoms with Crippen LogP contribution in [0.5, 0.6) is 0 Å². The number of carbonyl (C=O) groups is 2. The van der Waals surface area contributed by atoms with Crippen molar-refractivity contribution in [1.29, 1.82) is 0 Å². The minimum Gasteiger partial charge on any atom is -0.702 e. The quantitative estimate of drug-likeness (QED) is 0.404. The first-order chi connectivity index (χ1) is 8.99. The Morgan fingerprint density at radius 1 is 1.04 bits per heavy atom. The van der Waals surface area contributed by atoms with E-state index in [0.717, 1.165) is 0 Å². The van der Waals surface area contributed by atoms with Gasteiger partial charge in [-0.3, -0.25) is 4.98 Å². The predicted octanol–water partition coefficient (Wildman–Crippen LogP) is -5.22. The Labute approximate surface area is 175 Å². The summed E-state index contributed by atoms with van der Waals surface area (Å²) in [6, 6.07) is 4.19. The number of aromatic nitrogens is 1. The van der Waals surface area contributed by atoms with Crippen LogP contribution in [0.15, 0.2) is 12.3 Å². The van der Waals surface area contributed by atoms with Gasteiger partial charge in [-0.15, -0.1) is 5.54 Å². The zero-order chi connectivity index (χ0) is 15.6. The van der Waals surface area contributed by atoms with Crippen molar-refractivity contribution in [1.82, 2.24) is 4.98 Å². The Morgan fingerprint density at radius 3 is 1.91 bits per heavy atom. The van der Waals surface area contributed by atoms with Crippen molar-refractivity contribution in [2.45, 2.75) is 47.1 Å². The van der Waals surface area contributed by atoms with Crippen molar-refractivity contribution in [3.05, 3.63) is 34.7 Å². The molecular formula is C15H20Li3N3O2. The van der Waals surface area contributed by atoms with E-state index in [1.807, 2.05) is 20.8 Å². The average Bonchev–Trinajstić information content (AvgIpc) is 2.26. The molecule has 0 atom stereocenters. The van der Waals surface area contributed by atoms with Crippen LogP contribution in [-0.4, -0.2) is 22.3 Å². The maximum atomic E-state index is 11.8. The summed E-state index contributed by atoms with van der Waals surface area (Å²) in [5, 5.41) is 7.91. The van der Waals surface area contributed by atoms with Crippen LogP contribution in [0.3, 0.4) is 0 Å². The summed E-state index contributed by atoms with van der Waals surface area (Å²) in [4.78, 5) is 27.5. The topological polar surface area (TPSA) is 75.2 Å². The van der Waals surface area contributed by atoms with E-state index in [1.165, 1.54) is 12.3 Å². The van der Waals surface area contributed by atoms with Gasteiger partial charge in [0.1, 0.15) is 0 Å². The smallest absolute Gasteiger partial charge is 0.702 e. The predicted molar refractivity (Wildman–Crippen MR) is 78.0 cm³/mol. The second-order valence-electron chi connectivity index (χ2n) is 6.58. The van der Waals surface area contributed by atoms with Gasteiger partial charge in [-0.25, -0.2) is 5.69 Å². The van der Waals surface area contributed by atoms with Gasteiger partial charge < -0.3 is 20.2 Å². The second kappa shape index (κ2) is 10.7. The first kappa shape index (κ1) is 27.7. The molecule has 2 amide bonds. The van der Waals surface area contributed by atoms with E-state index in [4.69, 9.17) is 0 Å². The van der Waals surface area contributed by atoms with Crippen molar-refractivity contribution in [3.63, 3.8) is 0 Å². The Hall–Kier alpha value is -0.118. The fraction of sp³-hybridized carbons (Fsp3) is 0.533. The Balaban J connectivity index is -0.00000133. The standard InChI is InChI=1S/C15H22N3O2.3Li/c1-14(2,3)13(20)17-10-7-8-11(16-9-10)12(19)18-15(4,5)6;;;/h7,9H,1-6H3,(H2,17,18,19,20);;;/q-1;3*+1/p-2. The van der Waals surface area contributed by atoms with Crippen molar-refractivity contribution >= 4 is 17.5 Å². The van der Waals surface area contributed by atoms with Crippen LogP contribution in [0.25, 0.3) is 10.6 Å². The van der Waals surface area contributed by atoms with Crippen LogP contribution in [0.4, 0.5) is 5.69 Å². The Morgan fingerprint density at radius 2 is 1.57 bits per heavy atom. The van der Waals surface area contributed by atoms with Crippen molar-refractivity contribution in [2.24, 2.45) is 5.41 Å². The summed E-state index contributed by atoms with van der Waals surface area (Å²) in [7, 11) is 0. The van der Waals surface area contributed by atoms with E-state index in [1.54, 1.807) is 20.8 Å². The zero-order valence-electron chi connectivity index (χ0n) is 15.8. The number of nitrogens with zero attached hydrogens (tertiary/aromatic N) is 3. The van der Waals surface area contributed by atoms with Gasteiger partial charge in [0, 0.05) is 5.41 Å². The fourth-order valence-corrected chi connectivity index (χ4v) is 1.17. The molecule has 0 aliphatic carbocycles. The molecule has 8 heteroatoms. The molecule has 1 aromatic rings. The van der Waals surface area contributed by atoms with Crippen LogP contribution in [0, 0.1) is 11.5 Å². The molecule has 0 spiro atoms. The maximum absolute atomic E-state index is 11.8. The molecule has 23 heavy (non-hydrogen) atoms. The van der Waals surface area contributed by atoms with Gasteiger partial charge in [0.2, 0.25) is 0 Å². The first-order valence-corrected chi connectivity index (χ1v) is 6.40. The van der Waals surface area contributed by atoms with E-state index < -0.39 is 16.9 Å². The molecule has 0 aliphatic rings. The molecule has 110 valence electrons. The second-order valence-corrected chi connectivity index (χ2v) is 6.58. The molecule has 0 fully saturated rings. The fourth-order valence-electron chi connectivity index (χ4n) is 1.17. The molecule has 0 radical (unpaired) electrons. The summed E-state index contributed by atoms with van der Waals surface area (Å²) in [5.41, 5.74) is -0.493. The average molecular weight is 295 g/mol. The summed E-state index contributed by atoms with van der Waals surface area (Å²) in [5.74, 6) is -0.669. The minimum absolute atomic E-state index is 0. The molecular weight excluding hydrogens is 275 g/mol. The molecule has 0 saturated heterocycles. The number of pyridine rings is 1. The van der Waals surface area contributed by atoms with Gasteiger partial charge in [0.05, 0.1) is 5.91 Å². The molecule has 1 rings (SSSR count). The van der Waals surface area contributed by atoms with Crippen LogP contribution >= 0.6 is 0 Å². The van der Waals surface area contributed by atoms with Gasteiger partial charge in [0.15, 0.2) is 0 Å². The third kappa shape index (κ3) is 10.4. The molecule has 1 heterocycles. The number of carbonyl (C=O) groups excluding carboxylic acids is 2. The van der Waals surface area contributed by atoms with Crippen LogP contribution in [0.1, 0.15) is 52.0 Å². The van der Waals surface area contributed by atoms with Crippen molar-refractivity contribution < 1.29 is 66.2 Å². The summed E-state index contributed by atoms with van der Waals surface area (Å²) in [6.45, 7) is 10.9. The number of rotatable bonds is 2. The Kier molecular flexibility index (Phi) is 12.9. The third-order valence-electron chi connectivity index (χ3n) is 2.19. The summed E-state index contributed by atoms with van der Waals surface area (Å²) >= 11 is 0. The van der Waals surface area contributed by atoms with E-state index >= 15 is 0 Å². The van der Waals surface area contributed by atoms with Gasteiger partial charge in [-0.1, -0.05) is 41.5 Å². The van der Waals surface area contributed by atoms with E-state index in [0.29, 0.717) is 5.69 Å². The molecule has 1 aromatic heterocycles. The first-order valence-electron chi connectivity index (χ1n) is 6.40. The zero-order valence-corrected chi connectivity index (χ0v) is 15.8. The van der Waals surface area contributed by atoms with Gasteiger partial charge in [-0.05, 0) is 17.8 Å². The van der Waals surface area contributed by atoms with Gasteiger partial charge >= 0.3 is 56.6 Å². The van der Waals surface area contributed by atoms with Gasteiger partial charge in [0.25, 0.3) is 0 Å². The van der Waals surface area contributed by atoms with Gasteiger partial charge in [-0.2, -0.15) is 12.1 Å². The summed E-state index contributed by atoms with van der Waals surface area (Å²) in [6.07, 6.45) is 1.38. The maximum Gasteiger partial charge on any atom is 1.00 e. The number of hydrogen-bond donors (Lipinski definition) is 0. The normalized spacial score (nSPS) is 10.3. The van der Waals surface area contributed by atoms with Crippen LogP contribution < -0.4 is 56.6 Å². The SMILES string of the molecule is CC(C)(C)[N-]C(=O)c1[c-]cc([N-]C(=O)C(C)(C)C)cn1.[Li+].[Li+].[Li+]. The summed E-state index contributed by atoms with van der Waals surface area (Å²) < 4.78 is 0. The minimum atomic E-state index is -0.546. The molecule has 0 aromatic carbocycles. The van der Waals surface area contributed by atoms with E-state index in [9.17, 15) is 9.59 Å². The number of amides is 2. The van der Waals surface area contributed by atoms with Crippen molar-refractivity contribution in [3.8, 4) is 0 Å². The molecule has 0 bridgehead atoms. The van der Waals surface area contributed by atoms with Crippen LogP contribution in [-0.2, 0) is 4.79 Å². The Bertz CT molecular complexity index is 506. The largest absolute Gasteiger partial charge is 1.00 e. The molecule has 0 aliphatic heterocycles. The van der Waals surface area contributed by atoms with Crippen molar-refractivity contribution in [2.75, 3.05) is 0 Å². The number of hydrogen-bond acceptors (Lipinski definition) is 3. The third-order valence-corrected chi connectivity index (χ3v) is 2.19.